The summed E-state index contributed by atoms with van der Waals surface area (Å²) in [7, 11) is 0. The molecule has 0 saturated heterocycles. The number of imidazole rings is 1. The topological polar surface area (TPSA) is 70.7 Å². The van der Waals surface area contributed by atoms with Crippen LogP contribution in [-0.4, -0.2) is 20.9 Å². The van der Waals surface area contributed by atoms with Crippen LogP contribution >= 0.6 is 0 Å². The highest BCUT2D eigenvalue weighted by Gasteiger charge is 2.27. The van der Waals surface area contributed by atoms with Gasteiger partial charge in [-0.15, -0.1) is 0 Å². The summed E-state index contributed by atoms with van der Waals surface area (Å²) in [5.41, 5.74) is 5.25. The van der Waals surface area contributed by atoms with Crippen LogP contribution in [0.15, 0.2) is 54.7 Å². The van der Waals surface area contributed by atoms with Crippen molar-refractivity contribution in [1.29, 1.82) is 0 Å². The van der Waals surface area contributed by atoms with Crippen LogP contribution in [0.2, 0.25) is 0 Å². The number of nitrogens with zero attached hydrogens (tertiary/aromatic N) is 2. The minimum absolute atomic E-state index is 0.0235. The smallest absolute Gasteiger partial charge is 0.251 e. The Morgan fingerprint density at radius 3 is 2.55 bits per heavy atom. The first-order valence-electron chi connectivity index (χ1n) is 11.3. The molecule has 0 atom stereocenters. The average molecular weight is 443 g/mol. The average Bonchev–Trinajstić information content (AvgIpc) is 3.55. The number of hydrogen-bond donors (Lipinski definition) is 2. The third-order valence-electron chi connectivity index (χ3n) is 6.18. The molecule has 33 heavy (non-hydrogen) atoms. The van der Waals surface area contributed by atoms with E-state index in [1.165, 1.54) is 6.07 Å². The monoisotopic (exact) mass is 442 g/mol. The number of fused-ring (bicyclic) bond motifs is 1. The Labute approximate surface area is 192 Å². The van der Waals surface area contributed by atoms with Crippen molar-refractivity contribution in [2.75, 3.05) is 0 Å². The van der Waals surface area contributed by atoms with Gasteiger partial charge in [0.1, 0.15) is 17.2 Å². The predicted octanol–water partition coefficient (Wildman–Crippen LogP) is 5.87. The van der Waals surface area contributed by atoms with E-state index in [4.69, 9.17) is 4.98 Å². The number of benzene rings is 2. The molecular formula is C27H27FN4O. The molecule has 1 fully saturated rings. The molecule has 1 saturated carbocycles. The zero-order valence-corrected chi connectivity index (χ0v) is 19.1. The van der Waals surface area contributed by atoms with Gasteiger partial charge in [-0.3, -0.25) is 4.79 Å². The molecule has 0 radical (unpaired) electrons. The molecule has 6 heteroatoms. The largest absolute Gasteiger partial charge is 0.348 e. The Kier molecular flexibility index (Phi) is 5.23. The Bertz CT molecular complexity index is 1330. The number of pyridine rings is 1. The van der Waals surface area contributed by atoms with E-state index in [2.05, 4.69) is 36.1 Å². The van der Waals surface area contributed by atoms with Crippen molar-refractivity contribution in [2.24, 2.45) is 0 Å². The number of hydrogen-bond acceptors (Lipinski definition) is 3. The number of amides is 1. The number of carbonyl (C=O) groups is 1. The molecule has 5 rings (SSSR count). The third kappa shape index (κ3) is 4.38. The molecule has 5 nitrogen and oxygen atoms in total. The van der Waals surface area contributed by atoms with Crippen LogP contribution in [0.4, 0.5) is 4.39 Å². The summed E-state index contributed by atoms with van der Waals surface area (Å²) in [6.45, 7) is 6.50. The van der Waals surface area contributed by atoms with Gasteiger partial charge in [-0.05, 0) is 53.6 Å². The quantitative estimate of drug-likeness (QED) is 0.406. The van der Waals surface area contributed by atoms with Crippen LogP contribution in [-0.2, 0) is 12.0 Å². The first-order valence-corrected chi connectivity index (χ1v) is 11.3. The highest BCUT2D eigenvalue weighted by Crippen LogP contribution is 2.39. The van der Waals surface area contributed by atoms with Gasteiger partial charge in [-0.2, -0.15) is 0 Å². The lowest BCUT2D eigenvalue weighted by atomic mass is 9.87. The number of H-pyrrole nitrogens is 1. The maximum Gasteiger partial charge on any atom is 0.251 e. The molecular weight excluding hydrogens is 415 g/mol. The fraction of sp³-hybridized carbons (Fsp3) is 0.296. The molecule has 0 spiro atoms. The predicted molar refractivity (Wildman–Crippen MR) is 128 cm³/mol. The molecule has 0 bridgehead atoms. The first-order chi connectivity index (χ1) is 15.8. The maximum absolute atomic E-state index is 14.9. The molecule has 168 valence electrons. The van der Waals surface area contributed by atoms with Crippen LogP contribution < -0.4 is 5.32 Å². The van der Waals surface area contributed by atoms with Crippen molar-refractivity contribution in [1.82, 2.24) is 20.3 Å². The highest BCUT2D eigenvalue weighted by atomic mass is 19.1. The van der Waals surface area contributed by atoms with Crippen molar-refractivity contribution < 1.29 is 9.18 Å². The van der Waals surface area contributed by atoms with E-state index in [1.54, 1.807) is 12.3 Å². The molecule has 1 amide bonds. The van der Waals surface area contributed by atoms with E-state index < -0.39 is 0 Å². The summed E-state index contributed by atoms with van der Waals surface area (Å²) >= 11 is 0. The van der Waals surface area contributed by atoms with E-state index in [9.17, 15) is 9.18 Å². The number of aromatic nitrogens is 3. The number of halogens is 1. The number of carbonyl (C=O) groups excluding carboxylic acids is 1. The SMILES string of the molecule is CC(C)(C)c1ccc(C(=O)NCc2ccc(-c3ccnc4[nH]c(C5CC5)nc34)cc2F)cc1. The number of rotatable bonds is 5. The third-order valence-corrected chi connectivity index (χ3v) is 6.18. The van der Waals surface area contributed by atoms with Gasteiger partial charge in [0.25, 0.3) is 5.91 Å². The summed E-state index contributed by atoms with van der Waals surface area (Å²) in [6, 6.07) is 14.5. The van der Waals surface area contributed by atoms with Gasteiger partial charge in [0.05, 0.1) is 0 Å². The Morgan fingerprint density at radius 2 is 1.88 bits per heavy atom. The molecule has 2 heterocycles. The lowest BCUT2D eigenvalue weighted by molar-refractivity contribution is 0.0950. The molecule has 0 aliphatic heterocycles. The minimum Gasteiger partial charge on any atom is -0.348 e. The molecule has 4 aromatic rings. The number of nitrogens with one attached hydrogen (secondary N) is 2. The summed E-state index contributed by atoms with van der Waals surface area (Å²) in [4.78, 5) is 24.9. The first kappa shape index (κ1) is 21.3. The van der Waals surface area contributed by atoms with Crippen molar-refractivity contribution in [2.45, 2.75) is 51.5 Å². The second kappa shape index (κ2) is 8.10. The molecule has 2 aromatic carbocycles. The maximum atomic E-state index is 14.9. The van der Waals surface area contributed by atoms with Gasteiger partial charge in [-0.1, -0.05) is 45.0 Å². The second-order valence-electron chi connectivity index (χ2n) is 9.77. The summed E-state index contributed by atoms with van der Waals surface area (Å²) in [5, 5.41) is 2.82. The van der Waals surface area contributed by atoms with Crippen LogP contribution in [0.25, 0.3) is 22.3 Å². The molecule has 1 aliphatic rings. The van der Waals surface area contributed by atoms with Crippen molar-refractivity contribution in [3.05, 3.63) is 83.1 Å². The van der Waals surface area contributed by atoms with E-state index in [0.717, 1.165) is 46.5 Å². The normalized spacial score (nSPS) is 13.9. The summed E-state index contributed by atoms with van der Waals surface area (Å²) in [5.74, 6) is 0.859. The lowest BCUT2D eigenvalue weighted by Crippen LogP contribution is -2.23. The van der Waals surface area contributed by atoms with E-state index >= 15 is 0 Å². The van der Waals surface area contributed by atoms with E-state index in [-0.39, 0.29) is 23.7 Å². The van der Waals surface area contributed by atoms with Crippen LogP contribution in [0.1, 0.15) is 66.8 Å². The van der Waals surface area contributed by atoms with Crippen molar-refractivity contribution in [3.63, 3.8) is 0 Å². The lowest BCUT2D eigenvalue weighted by Gasteiger charge is -2.19. The van der Waals surface area contributed by atoms with Gasteiger partial charge < -0.3 is 10.3 Å². The van der Waals surface area contributed by atoms with E-state index in [1.807, 2.05) is 36.4 Å². The van der Waals surface area contributed by atoms with Crippen LogP contribution in [0.3, 0.4) is 0 Å². The van der Waals surface area contributed by atoms with E-state index in [0.29, 0.717) is 17.0 Å². The highest BCUT2D eigenvalue weighted by molar-refractivity contribution is 5.94. The van der Waals surface area contributed by atoms with Crippen molar-refractivity contribution in [3.8, 4) is 11.1 Å². The summed E-state index contributed by atoms with van der Waals surface area (Å²) < 4.78 is 14.9. The van der Waals surface area contributed by atoms with Gasteiger partial charge in [0, 0.05) is 35.3 Å². The fourth-order valence-corrected chi connectivity index (χ4v) is 3.97. The van der Waals surface area contributed by atoms with Gasteiger partial charge in [-0.25, -0.2) is 14.4 Å². The standard InChI is InChI=1S/C27H27FN4O/c1-27(2,3)20-10-8-17(9-11-20)26(33)30-15-19-7-6-18(14-22(19)28)21-12-13-29-25-23(21)31-24(32-25)16-4-5-16/h6-14,16H,4-5,15H2,1-3H3,(H,30,33)(H,29,31,32). The molecule has 1 aliphatic carbocycles. The Morgan fingerprint density at radius 1 is 1.12 bits per heavy atom. The molecule has 2 aromatic heterocycles. The fourth-order valence-electron chi connectivity index (χ4n) is 3.97. The minimum atomic E-state index is -0.362. The van der Waals surface area contributed by atoms with Gasteiger partial charge >= 0.3 is 0 Å². The van der Waals surface area contributed by atoms with Gasteiger partial charge in [0.15, 0.2) is 5.65 Å². The number of aromatic amines is 1. The second-order valence-corrected chi connectivity index (χ2v) is 9.77. The Balaban J connectivity index is 1.31. The molecule has 2 N–H and O–H groups in total. The zero-order valence-electron chi connectivity index (χ0n) is 19.1. The Hall–Kier alpha value is -3.54. The molecule has 0 unspecified atom stereocenters. The van der Waals surface area contributed by atoms with Crippen molar-refractivity contribution >= 4 is 17.1 Å². The van der Waals surface area contributed by atoms with Crippen LogP contribution in [0, 0.1) is 5.82 Å². The summed E-state index contributed by atoms with van der Waals surface area (Å²) in [6.07, 6.45) is 4.00. The van der Waals surface area contributed by atoms with Crippen LogP contribution in [0.5, 0.6) is 0 Å². The zero-order chi connectivity index (χ0) is 23.2. The van der Waals surface area contributed by atoms with Gasteiger partial charge in [0.2, 0.25) is 0 Å².